The normalized spacial score (nSPS) is 50.6. The summed E-state index contributed by atoms with van der Waals surface area (Å²) in [4.78, 5) is 48.3. The van der Waals surface area contributed by atoms with Gasteiger partial charge < -0.3 is 39.7 Å². The summed E-state index contributed by atoms with van der Waals surface area (Å²) in [6.07, 6.45) is 15.0. The van der Waals surface area contributed by atoms with Crippen LogP contribution in [0.25, 0.3) is 0 Å². The highest BCUT2D eigenvalue weighted by atomic mass is 19.1. The van der Waals surface area contributed by atoms with Gasteiger partial charge in [0.2, 0.25) is 0 Å². The largest absolute Gasteiger partial charge is 0.469 e. The van der Waals surface area contributed by atoms with Crippen LogP contribution in [0.3, 0.4) is 0 Å². The summed E-state index contributed by atoms with van der Waals surface area (Å²) >= 11 is 0. The highest BCUT2D eigenvalue weighted by molar-refractivity contribution is 5.83. The Bertz CT molecular complexity index is 2430. The maximum atomic E-state index is 14.6. The number of esters is 3. The van der Waals surface area contributed by atoms with E-state index in [2.05, 4.69) is 62.3 Å². The summed E-state index contributed by atoms with van der Waals surface area (Å²) in [7, 11) is 4.34. The minimum atomic E-state index is -1.16. The number of hydrogen-bond donors (Lipinski definition) is 5. The molecule has 0 aromatic rings. The van der Waals surface area contributed by atoms with Crippen LogP contribution in [0.15, 0.2) is 0 Å². The van der Waals surface area contributed by atoms with Crippen LogP contribution < -0.4 is 0 Å². The molecule has 32 atom stereocenters. The molecule has 0 radical (unpaired) electrons. The minimum Gasteiger partial charge on any atom is -0.469 e. The van der Waals surface area contributed by atoms with Gasteiger partial charge in [-0.3, -0.25) is 19.2 Å². The number of alkyl halides is 3. The van der Waals surface area contributed by atoms with Crippen molar-refractivity contribution >= 4 is 23.7 Å². The predicted molar refractivity (Wildman–Crippen MR) is 339 cm³/mol. The molecule has 0 saturated heterocycles. The molecule has 90 heavy (non-hydrogen) atoms. The first-order valence-electron chi connectivity index (χ1n) is 36.4. The summed E-state index contributed by atoms with van der Waals surface area (Å²) < 4.78 is 58.2. The van der Waals surface area contributed by atoms with Crippen molar-refractivity contribution in [3.8, 4) is 0 Å². The number of carbonyl (C=O) groups excluding carboxylic acids is 4. The number of ether oxygens (including phenoxy) is 3. The van der Waals surface area contributed by atoms with E-state index in [9.17, 15) is 57.9 Å². The van der Waals surface area contributed by atoms with Crippen LogP contribution in [0.5, 0.6) is 0 Å². The van der Waals surface area contributed by atoms with E-state index in [1.165, 1.54) is 21.3 Å². The quantitative estimate of drug-likeness (QED) is 0.0917. The van der Waals surface area contributed by atoms with Crippen LogP contribution in [0.1, 0.15) is 236 Å². The maximum Gasteiger partial charge on any atom is 0.305 e. The van der Waals surface area contributed by atoms with Crippen molar-refractivity contribution in [1.29, 1.82) is 0 Å². The van der Waals surface area contributed by atoms with Gasteiger partial charge in [0.25, 0.3) is 0 Å². The van der Waals surface area contributed by atoms with E-state index in [0.29, 0.717) is 148 Å². The Balaban J connectivity index is 0.000000148. The van der Waals surface area contributed by atoms with E-state index in [-0.39, 0.29) is 104 Å². The first-order valence-corrected chi connectivity index (χ1v) is 36.4. The molecule has 0 aromatic heterocycles. The Morgan fingerprint density at radius 3 is 1.06 bits per heavy atom. The van der Waals surface area contributed by atoms with Crippen LogP contribution in [0.4, 0.5) is 13.2 Å². The molecule has 12 aliphatic rings. The Morgan fingerprint density at radius 2 is 0.700 bits per heavy atom. The fourth-order valence-corrected chi connectivity index (χ4v) is 26.2. The van der Waals surface area contributed by atoms with Crippen molar-refractivity contribution in [3.05, 3.63) is 0 Å². The van der Waals surface area contributed by atoms with Crippen molar-refractivity contribution in [2.75, 3.05) is 21.3 Å². The first kappa shape index (κ1) is 70.5. The van der Waals surface area contributed by atoms with Gasteiger partial charge in [0, 0.05) is 31.6 Å². The first-order chi connectivity index (χ1) is 42.3. The fourth-order valence-electron chi connectivity index (χ4n) is 26.2. The average molecular weight is 1270 g/mol. The summed E-state index contributed by atoms with van der Waals surface area (Å²) in [6, 6.07) is 0. The van der Waals surface area contributed by atoms with Gasteiger partial charge in [0.15, 0.2) is 0 Å². The minimum absolute atomic E-state index is 0.0465. The third-order valence-corrected chi connectivity index (χ3v) is 31.1. The van der Waals surface area contributed by atoms with Gasteiger partial charge in [-0.25, -0.2) is 13.2 Å². The average Bonchev–Trinajstić information content (AvgIpc) is 1.30. The lowest BCUT2D eigenvalue weighted by molar-refractivity contribution is -0.186. The number of carbonyl (C=O) groups is 4. The molecule has 0 amide bonds. The molecule has 12 saturated carbocycles. The van der Waals surface area contributed by atoms with E-state index >= 15 is 0 Å². The lowest BCUT2D eigenvalue weighted by Crippen LogP contribution is -2.60. The summed E-state index contributed by atoms with van der Waals surface area (Å²) in [5.74, 6) is 6.29. The van der Waals surface area contributed by atoms with Crippen molar-refractivity contribution in [2.24, 2.45) is 139 Å². The summed E-state index contributed by atoms with van der Waals surface area (Å²) in [5.41, 5.74) is 0.0945. The summed E-state index contributed by atoms with van der Waals surface area (Å²) in [6.45, 7) is 20.7. The Hall–Kier alpha value is -2.33. The number of fused-ring (bicyclic) bond motifs is 15. The molecule has 12 fully saturated rings. The van der Waals surface area contributed by atoms with E-state index in [1.54, 1.807) is 0 Å². The zero-order valence-electron chi connectivity index (χ0n) is 57.3. The zero-order chi connectivity index (χ0) is 65.5. The number of hydrogen-bond acceptors (Lipinski definition) is 12. The van der Waals surface area contributed by atoms with Gasteiger partial charge in [0.1, 0.15) is 24.3 Å². The molecule has 12 aliphatic carbocycles. The monoisotopic (exact) mass is 1270 g/mol. The third-order valence-electron chi connectivity index (χ3n) is 31.1. The number of aliphatic hydroxyl groups is 5. The molecular formula is C75H121F3O12. The van der Waals surface area contributed by atoms with Crippen LogP contribution in [0, 0.1) is 139 Å². The molecule has 0 bridgehead atoms. The van der Waals surface area contributed by atoms with E-state index < -0.39 is 36.8 Å². The van der Waals surface area contributed by atoms with Crippen LogP contribution in [-0.2, 0) is 33.4 Å². The predicted octanol–water partition coefficient (Wildman–Crippen LogP) is 13.8. The van der Waals surface area contributed by atoms with E-state index in [4.69, 9.17) is 14.2 Å². The molecule has 514 valence electrons. The molecule has 9 unspecified atom stereocenters. The standard InChI is InChI=1S/2C25H41FO4.C25H39FO4/c3*1-14(5-8-22(29)30-4)16-6-7-17-23-18(9-10-24(16,17)2)25(3)13-19(26)20(27)11-15(25)12-21(23)28/h2*14-21,23,27-28H,5-13H2,1-4H3;14-20,23,27H,5-13H2,1-4H3/t14-,15+,16-,17?,18?,19-,20+,21+,23?,24-,25+;14-,15+,16-,17?,18?,19-,20+,21-,23?,24-,25+;14-,15+,16-,17?,18?,19-,20+,23?,24-,25+/m111/s1. The van der Waals surface area contributed by atoms with E-state index in [1.807, 2.05) is 0 Å². The van der Waals surface area contributed by atoms with Crippen LogP contribution in [0.2, 0.25) is 0 Å². The van der Waals surface area contributed by atoms with Crippen LogP contribution in [-0.4, -0.2) is 120 Å². The molecule has 0 aromatic carbocycles. The van der Waals surface area contributed by atoms with Crippen LogP contribution >= 0.6 is 0 Å². The number of aliphatic hydroxyl groups excluding tert-OH is 5. The summed E-state index contributed by atoms with van der Waals surface area (Å²) in [5, 5.41) is 52.9. The van der Waals surface area contributed by atoms with Gasteiger partial charge in [-0.15, -0.1) is 0 Å². The zero-order valence-corrected chi connectivity index (χ0v) is 57.3. The smallest absolute Gasteiger partial charge is 0.305 e. The number of methoxy groups -OCH3 is 3. The molecule has 0 heterocycles. The Labute approximate surface area is 538 Å². The van der Waals surface area contributed by atoms with Gasteiger partial charge in [-0.05, 0) is 281 Å². The Morgan fingerprint density at radius 1 is 0.422 bits per heavy atom. The van der Waals surface area contributed by atoms with Crippen molar-refractivity contribution in [1.82, 2.24) is 0 Å². The molecule has 0 aliphatic heterocycles. The highest BCUT2D eigenvalue weighted by Gasteiger charge is 2.68. The maximum absolute atomic E-state index is 14.6. The molecule has 5 N–H and O–H groups in total. The fraction of sp³-hybridized carbons (Fsp3) is 0.947. The second-order valence-corrected chi connectivity index (χ2v) is 34.7. The van der Waals surface area contributed by atoms with Crippen molar-refractivity contribution in [3.63, 3.8) is 0 Å². The van der Waals surface area contributed by atoms with Gasteiger partial charge in [0.05, 0.1) is 51.8 Å². The van der Waals surface area contributed by atoms with Crippen molar-refractivity contribution in [2.45, 2.75) is 285 Å². The highest BCUT2D eigenvalue weighted by Crippen LogP contribution is 2.72. The molecule has 0 spiro atoms. The lowest BCUT2D eigenvalue weighted by atomic mass is 9.43. The molecule has 12 nitrogen and oxygen atoms in total. The number of rotatable bonds is 12. The van der Waals surface area contributed by atoms with E-state index in [0.717, 1.165) is 96.3 Å². The topological polar surface area (TPSA) is 197 Å². The molecular weight excluding hydrogens is 1150 g/mol. The second kappa shape index (κ2) is 26.9. The van der Waals surface area contributed by atoms with Gasteiger partial charge in [-0.1, -0.05) is 62.3 Å². The number of halogens is 3. The Kier molecular flexibility index (Phi) is 21.1. The number of ketones is 1. The van der Waals surface area contributed by atoms with Crippen molar-refractivity contribution < 1.29 is 72.1 Å². The lowest BCUT2D eigenvalue weighted by Gasteiger charge is -2.62. The second-order valence-electron chi connectivity index (χ2n) is 34.7. The molecule has 12 rings (SSSR count). The molecule has 15 heteroatoms. The third kappa shape index (κ3) is 12.4. The van der Waals surface area contributed by atoms with Gasteiger partial charge >= 0.3 is 17.9 Å². The number of Topliss-reactive ketones (excluding diaryl/α,β-unsaturated/α-hetero) is 1. The van der Waals surface area contributed by atoms with Gasteiger partial charge in [-0.2, -0.15) is 0 Å². The SMILES string of the molecule is COC(=O)CC[C@@H](C)[C@H]1CCC2C3C(=O)C[C@@H]4C[C@H](O)[C@H](F)C[C@]4(C)C3CC[C@@]21C.COC(=O)CC[C@@H](C)[C@H]1CCC2C3C(CC[C@@]21C)[C@@]1(C)C[C@@H](F)[C@@H](O)C[C@H]1C[C@@H]3O.COC(=O)CC[C@@H](C)[C@H]1CCC2C3C(CC[C@@]21C)[C@@]1(C)C[C@@H](F)[C@@H](O)C[C@H]1C[C@H]3O.